The van der Waals surface area contributed by atoms with Crippen LogP contribution in [0.25, 0.3) is 0 Å². The summed E-state index contributed by atoms with van der Waals surface area (Å²) in [5.41, 5.74) is -1.45. The molecule has 1 aromatic rings. The largest absolute Gasteiger partial charge is 0.355 e. The Kier molecular flexibility index (Phi) is 5.39. The maximum Gasteiger partial charge on any atom is 0.325 e. The van der Waals surface area contributed by atoms with Gasteiger partial charge in [0.05, 0.1) is 0 Å². The van der Waals surface area contributed by atoms with E-state index in [1.807, 2.05) is 13.8 Å². The van der Waals surface area contributed by atoms with Gasteiger partial charge < -0.3 is 10.6 Å². The fourth-order valence-corrected chi connectivity index (χ4v) is 2.54. The molecule has 4 amide bonds. The molecule has 1 unspecified atom stereocenters. The SMILES string of the molecule is CC(C)CCNC(=O)CN1C(=O)NC(C)(c2ccc(F)c(F)c2)C1=O. The second-order valence-electron chi connectivity index (χ2n) is 6.61. The summed E-state index contributed by atoms with van der Waals surface area (Å²) in [7, 11) is 0. The number of hydrogen-bond acceptors (Lipinski definition) is 3. The second-order valence-corrected chi connectivity index (χ2v) is 6.61. The van der Waals surface area contributed by atoms with Crippen molar-refractivity contribution in [1.82, 2.24) is 15.5 Å². The van der Waals surface area contributed by atoms with Crippen LogP contribution >= 0.6 is 0 Å². The van der Waals surface area contributed by atoms with Gasteiger partial charge in [-0.3, -0.25) is 14.5 Å². The molecular formula is C17H21F2N3O3. The zero-order valence-corrected chi connectivity index (χ0v) is 14.4. The fourth-order valence-electron chi connectivity index (χ4n) is 2.54. The van der Waals surface area contributed by atoms with Crippen molar-refractivity contribution >= 4 is 17.8 Å². The number of imide groups is 1. The fraction of sp³-hybridized carbons (Fsp3) is 0.471. The molecule has 6 nitrogen and oxygen atoms in total. The molecule has 1 heterocycles. The average molecular weight is 353 g/mol. The van der Waals surface area contributed by atoms with Crippen LogP contribution in [0.3, 0.4) is 0 Å². The third-order valence-electron chi connectivity index (χ3n) is 4.12. The van der Waals surface area contributed by atoms with Crippen molar-refractivity contribution < 1.29 is 23.2 Å². The monoisotopic (exact) mass is 353 g/mol. The van der Waals surface area contributed by atoms with E-state index in [0.29, 0.717) is 12.5 Å². The van der Waals surface area contributed by atoms with Gasteiger partial charge >= 0.3 is 6.03 Å². The maximum atomic E-state index is 13.5. The van der Waals surface area contributed by atoms with Crippen molar-refractivity contribution in [1.29, 1.82) is 0 Å². The number of urea groups is 1. The summed E-state index contributed by atoms with van der Waals surface area (Å²) < 4.78 is 26.6. The highest BCUT2D eigenvalue weighted by Gasteiger charge is 2.49. The first kappa shape index (κ1) is 18.8. The van der Waals surface area contributed by atoms with Crippen molar-refractivity contribution in [3.05, 3.63) is 35.4 Å². The number of amides is 4. The van der Waals surface area contributed by atoms with Crippen LogP contribution in [-0.4, -0.2) is 35.8 Å². The number of nitrogens with zero attached hydrogens (tertiary/aromatic N) is 1. The predicted molar refractivity (Wildman–Crippen MR) is 86.4 cm³/mol. The summed E-state index contributed by atoms with van der Waals surface area (Å²) >= 11 is 0. The van der Waals surface area contributed by atoms with Crippen molar-refractivity contribution in [2.75, 3.05) is 13.1 Å². The summed E-state index contributed by atoms with van der Waals surface area (Å²) in [5, 5.41) is 5.08. The van der Waals surface area contributed by atoms with E-state index in [2.05, 4.69) is 10.6 Å². The van der Waals surface area contributed by atoms with Gasteiger partial charge in [-0.05, 0) is 37.0 Å². The quantitative estimate of drug-likeness (QED) is 0.767. The van der Waals surface area contributed by atoms with Crippen molar-refractivity contribution in [2.45, 2.75) is 32.7 Å². The smallest absolute Gasteiger partial charge is 0.325 e. The van der Waals surface area contributed by atoms with Crippen LogP contribution in [0.15, 0.2) is 18.2 Å². The molecule has 2 N–H and O–H groups in total. The highest BCUT2D eigenvalue weighted by atomic mass is 19.2. The van der Waals surface area contributed by atoms with Gasteiger partial charge in [-0.1, -0.05) is 19.9 Å². The number of carbonyl (C=O) groups excluding carboxylic acids is 3. The Hall–Kier alpha value is -2.51. The zero-order valence-electron chi connectivity index (χ0n) is 14.4. The van der Waals surface area contributed by atoms with Gasteiger partial charge in [-0.25, -0.2) is 13.6 Å². The lowest BCUT2D eigenvalue weighted by Gasteiger charge is -2.22. The molecule has 0 radical (unpaired) electrons. The minimum absolute atomic E-state index is 0.104. The predicted octanol–water partition coefficient (Wildman–Crippen LogP) is 1.89. The first-order valence-electron chi connectivity index (χ1n) is 8.01. The summed E-state index contributed by atoms with van der Waals surface area (Å²) in [6.07, 6.45) is 0.776. The van der Waals surface area contributed by atoms with Crippen LogP contribution in [0, 0.1) is 17.6 Å². The Bertz CT molecular complexity index is 708. The number of benzene rings is 1. The lowest BCUT2D eigenvalue weighted by atomic mass is 9.92. The van der Waals surface area contributed by atoms with Crippen LogP contribution < -0.4 is 10.6 Å². The lowest BCUT2D eigenvalue weighted by Crippen LogP contribution is -2.43. The Morgan fingerprint density at radius 3 is 2.56 bits per heavy atom. The van der Waals surface area contributed by atoms with E-state index in [9.17, 15) is 23.2 Å². The normalized spacial score (nSPS) is 20.2. The number of carbonyl (C=O) groups is 3. The summed E-state index contributed by atoms with van der Waals surface area (Å²) in [6, 6.07) is 2.22. The van der Waals surface area contributed by atoms with Gasteiger partial charge in [0.2, 0.25) is 5.91 Å². The number of nitrogens with one attached hydrogen (secondary N) is 2. The molecule has 25 heavy (non-hydrogen) atoms. The van der Waals surface area contributed by atoms with Crippen LogP contribution in [0.4, 0.5) is 13.6 Å². The molecule has 0 aromatic heterocycles. The number of hydrogen-bond donors (Lipinski definition) is 2. The van der Waals surface area contributed by atoms with Gasteiger partial charge in [0.15, 0.2) is 11.6 Å². The third-order valence-corrected chi connectivity index (χ3v) is 4.12. The second kappa shape index (κ2) is 7.16. The molecule has 0 saturated carbocycles. The molecule has 136 valence electrons. The number of rotatable bonds is 6. The zero-order chi connectivity index (χ0) is 18.8. The first-order chi connectivity index (χ1) is 11.6. The molecule has 0 bridgehead atoms. The molecule has 8 heteroatoms. The molecule has 1 saturated heterocycles. The Labute approximate surface area is 144 Å². The summed E-state index contributed by atoms with van der Waals surface area (Å²) in [5.74, 6) is -2.91. The van der Waals surface area contributed by atoms with Gasteiger partial charge in [-0.15, -0.1) is 0 Å². The Balaban J connectivity index is 2.10. The third kappa shape index (κ3) is 3.94. The molecule has 0 spiro atoms. The van der Waals surface area contributed by atoms with Gasteiger partial charge in [0.1, 0.15) is 12.1 Å². The van der Waals surface area contributed by atoms with E-state index in [-0.39, 0.29) is 5.56 Å². The van der Waals surface area contributed by atoms with E-state index < -0.39 is 41.6 Å². The molecule has 1 fully saturated rings. The Morgan fingerprint density at radius 2 is 1.96 bits per heavy atom. The summed E-state index contributed by atoms with van der Waals surface area (Å²) in [6.45, 7) is 5.42. The lowest BCUT2D eigenvalue weighted by molar-refractivity contribution is -0.134. The molecular weight excluding hydrogens is 332 g/mol. The van der Waals surface area contributed by atoms with Crippen LogP contribution in [0.5, 0.6) is 0 Å². The van der Waals surface area contributed by atoms with Crippen LogP contribution in [0.2, 0.25) is 0 Å². The topological polar surface area (TPSA) is 78.5 Å². The highest BCUT2D eigenvalue weighted by molar-refractivity contribution is 6.09. The first-order valence-corrected chi connectivity index (χ1v) is 8.01. The number of halogens is 2. The summed E-state index contributed by atoms with van der Waals surface area (Å²) in [4.78, 5) is 37.4. The molecule has 1 aromatic carbocycles. The van der Waals surface area contributed by atoms with Gasteiger partial charge in [-0.2, -0.15) is 0 Å². The van der Waals surface area contributed by atoms with Gasteiger partial charge in [0, 0.05) is 6.54 Å². The maximum absolute atomic E-state index is 13.5. The van der Waals surface area contributed by atoms with Gasteiger partial charge in [0.25, 0.3) is 5.91 Å². The molecule has 1 aliphatic rings. The van der Waals surface area contributed by atoms with E-state index in [1.54, 1.807) is 0 Å². The Morgan fingerprint density at radius 1 is 1.28 bits per heavy atom. The molecule has 1 atom stereocenters. The minimum Gasteiger partial charge on any atom is -0.355 e. The van der Waals surface area contributed by atoms with Crippen molar-refractivity contribution in [3.8, 4) is 0 Å². The van der Waals surface area contributed by atoms with Crippen LogP contribution in [0.1, 0.15) is 32.8 Å². The highest BCUT2D eigenvalue weighted by Crippen LogP contribution is 2.29. The molecule has 2 rings (SSSR count). The minimum atomic E-state index is -1.55. The molecule has 1 aliphatic heterocycles. The van der Waals surface area contributed by atoms with E-state index in [0.717, 1.165) is 23.5 Å². The van der Waals surface area contributed by atoms with E-state index >= 15 is 0 Å². The van der Waals surface area contributed by atoms with E-state index in [1.165, 1.54) is 13.0 Å². The standard InChI is InChI=1S/C17H21F2N3O3/c1-10(2)6-7-20-14(23)9-22-15(24)17(3,21-16(22)25)11-4-5-12(18)13(19)8-11/h4-5,8,10H,6-7,9H2,1-3H3,(H,20,23)(H,21,25). The molecule has 0 aliphatic carbocycles. The van der Waals surface area contributed by atoms with E-state index in [4.69, 9.17) is 0 Å². The van der Waals surface area contributed by atoms with Crippen molar-refractivity contribution in [3.63, 3.8) is 0 Å². The van der Waals surface area contributed by atoms with Crippen molar-refractivity contribution in [2.24, 2.45) is 5.92 Å². The van der Waals surface area contributed by atoms with Crippen LogP contribution in [-0.2, 0) is 15.1 Å². The average Bonchev–Trinajstić information content (AvgIpc) is 2.74.